The Bertz CT molecular complexity index is 951. The third kappa shape index (κ3) is 5.68. The van der Waals surface area contributed by atoms with Crippen molar-refractivity contribution in [2.75, 3.05) is 6.54 Å². The van der Waals surface area contributed by atoms with Gasteiger partial charge in [0.05, 0.1) is 18.0 Å². The predicted octanol–water partition coefficient (Wildman–Crippen LogP) is 3.24. The Morgan fingerprint density at radius 1 is 1.19 bits per heavy atom. The smallest absolute Gasteiger partial charge is 0.244 e. The van der Waals surface area contributed by atoms with Crippen molar-refractivity contribution in [3.05, 3.63) is 95.1 Å². The predicted molar refractivity (Wildman–Crippen MR) is 105 cm³/mol. The molecule has 0 atom stereocenters. The molecule has 5 heteroatoms. The van der Waals surface area contributed by atoms with E-state index in [0.717, 1.165) is 23.2 Å². The minimum Gasteiger partial charge on any atom is -0.352 e. The zero-order valence-corrected chi connectivity index (χ0v) is 14.9. The molecule has 134 valence electrons. The number of imidazole rings is 1. The van der Waals surface area contributed by atoms with Crippen LogP contribution < -0.4 is 5.32 Å². The fraction of sp³-hybridized carbons (Fsp3) is 0.136. The lowest BCUT2D eigenvalue weighted by Crippen LogP contribution is -2.23. The number of carbonyl (C=O) groups is 1. The van der Waals surface area contributed by atoms with Crippen LogP contribution in [0.3, 0.4) is 0 Å². The second-order valence-corrected chi connectivity index (χ2v) is 6.18. The number of aromatic amines is 1. The van der Waals surface area contributed by atoms with Gasteiger partial charge in [0, 0.05) is 30.9 Å². The number of carbonyl (C=O) groups excluding carboxylic acids is 1. The Morgan fingerprint density at radius 2 is 2.04 bits per heavy atom. The van der Waals surface area contributed by atoms with E-state index >= 15 is 0 Å². The molecule has 0 bridgehead atoms. The van der Waals surface area contributed by atoms with Crippen LogP contribution in [0.15, 0.2) is 67.1 Å². The maximum absolute atomic E-state index is 11.9. The average molecular weight is 356 g/mol. The van der Waals surface area contributed by atoms with Gasteiger partial charge >= 0.3 is 0 Å². The van der Waals surface area contributed by atoms with Crippen molar-refractivity contribution < 1.29 is 4.79 Å². The van der Waals surface area contributed by atoms with Crippen molar-refractivity contribution in [1.82, 2.24) is 15.3 Å². The molecule has 0 fully saturated rings. The summed E-state index contributed by atoms with van der Waals surface area (Å²) in [5.74, 6) is -0.132. The summed E-state index contributed by atoms with van der Waals surface area (Å²) in [6.07, 6.45) is 8.32. The normalized spacial score (nSPS) is 10.6. The fourth-order valence-electron chi connectivity index (χ4n) is 2.71. The number of aromatic nitrogens is 2. The molecule has 0 aliphatic heterocycles. The van der Waals surface area contributed by atoms with Crippen molar-refractivity contribution in [3.63, 3.8) is 0 Å². The van der Waals surface area contributed by atoms with E-state index < -0.39 is 0 Å². The van der Waals surface area contributed by atoms with Crippen molar-refractivity contribution >= 4 is 12.0 Å². The number of H-pyrrole nitrogens is 1. The topological polar surface area (TPSA) is 81.6 Å². The summed E-state index contributed by atoms with van der Waals surface area (Å²) in [7, 11) is 0. The maximum atomic E-state index is 11.9. The summed E-state index contributed by atoms with van der Waals surface area (Å²) in [6.45, 7) is 0.529. The molecule has 0 radical (unpaired) electrons. The fourth-order valence-corrected chi connectivity index (χ4v) is 2.71. The molecule has 5 nitrogen and oxygen atoms in total. The van der Waals surface area contributed by atoms with Crippen molar-refractivity contribution in [1.29, 1.82) is 5.26 Å². The van der Waals surface area contributed by atoms with Crippen LogP contribution in [0.5, 0.6) is 0 Å². The maximum Gasteiger partial charge on any atom is 0.244 e. The second kappa shape index (κ2) is 9.16. The standard InChI is InChI=1S/C22H20N4O/c23-14-20-3-1-2-18(12-20)10-11-25-22(27)9-8-17-4-6-19(7-5-17)13-21-15-24-16-26-21/h1-9,12,15-16H,10-11,13H2,(H,24,26)(H,25,27)/b9-8+. The van der Waals surface area contributed by atoms with E-state index in [1.807, 2.05) is 48.7 Å². The first-order valence-corrected chi connectivity index (χ1v) is 8.74. The molecule has 27 heavy (non-hydrogen) atoms. The molecule has 0 saturated heterocycles. The van der Waals surface area contributed by atoms with E-state index in [0.29, 0.717) is 18.5 Å². The van der Waals surface area contributed by atoms with Crippen LogP contribution in [0.4, 0.5) is 0 Å². The Kier molecular flexibility index (Phi) is 6.16. The van der Waals surface area contributed by atoms with Gasteiger partial charge in [-0.15, -0.1) is 0 Å². The van der Waals surface area contributed by atoms with Gasteiger partial charge in [0.15, 0.2) is 0 Å². The largest absolute Gasteiger partial charge is 0.352 e. The van der Waals surface area contributed by atoms with Crippen LogP contribution in [-0.4, -0.2) is 22.4 Å². The zero-order valence-electron chi connectivity index (χ0n) is 14.9. The molecule has 2 N–H and O–H groups in total. The Balaban J connectivity index is 1.45. The van der Waals surface area contributed by atoms with Gasteiger partial charge < -0.3 is 10.3 Å². The quantitative estimate of drug-likeness (QED) is 0.638. The number of nitrogens with zero attached hydrogens (tertiary/aromatic N) is 2. The number of amides is 1. The molecule has 0 aliphatic carbocycles. The molecule has 0 aliphatic rings. The monoisotopic (exact) mass is 356 g/mol. The third-order valence-corrected chi connectivity index (χ3v) is 4.13. The lowest BCUT2D eigenvalue weighted by atomic mass is 10.1. The van der Waals surface area contributed by atoms with Crippen LogP contribution in [-0.2, 0) is 17.6 Å². The number of hydrogen-bond donors (Lipinski definition) is 2. The molecule has 0 spiro atoms. The molecule has 0 unspecified atom stereocenters. The lowest BCUT2D eigenvalue weighted by Gasteiger charge is -2.03. The number of benzene rings is 2. The van der Waals surface area contributed by atoms with Gasteiger partial charge in [0.25, 0.3) is 0 Å². The summed E-state index contributed by atoms with van der Waals surface area (Å²) in [4.78, 5) is 19.0. The van der Waals surface area contributed by atoms with Gasteiger partial charge in [-0.25, -0.2) is 4.98 Å². The molecule has 0 saturated carbocycles. The van der Waals surface area contributed by atoms with Crippen LogP contribution in [0.25, 0.3) is 6.08 Å². The molecule has 2 aromatic carbocycles. The summed E-state index contributed by atoms with van der Waals surface area (Å²) in [5.41, 5.74) is 4.89. The second-order valence-electron chi connectivity index (χ2n) is 6.18. The van der Waals surface area contributed by atoms with E-state index in [-0.39, 0.29) is 5.91 Å². The van der Waals surface area contributed by atoms with E-state index in [1.165, 1.54) is 11.6 Å². The molecule has 1 heterocycles. The molecule has 3 rings (SSSR count). The minimum atomic E-state index is -0.132. The Morgan fingerprint density at radius 3 is 2.78 bits per heavy atom. The number of rotatable bonds is 7. The van der Waals surface area contributed by atoms with E-state index in [4.69, 9.17) is 5.26 Å². The summed E-state index contributed by atoms with van der Waals surface area (Å²) in [5, 5.41) is 11.8. The first-order chi connectivity index (χ1) is 13.2. The van der Waals surface area contributed by atoms with Gasteiger partial charge in [0.1, 0.15) is 0 Å². The average Bonchev–Trinajstić information content (AvgIpc) is 3.21. The first kappa shape index (κ1) is 18.2. The van der Waals surface area contributed by atoms with Gasteiger partial charge in [-0.3, -0.25) is 4.79 Å². The van der Waals surface area contributed by atoms with Crippen LogP contribution in [0.2, 0.25) is 0 Å². The molecular weight excluding hydrogens is 336 g/mol. The van der Waals surface area contributed by atoms with Crippen LogP contribution >= 0.6 is 0 Å². The number of hydrogen-bond acceptors (Lipinski definition) is 3. The molecule has 3 aromatic rings. The Labute approximate surface area is 158 Å². The van der Waals surface area contributed by atoms with Gasteiger partial charge in [-0.1, -0.05) is 36.4 Å². The number of nitrogens with one attached hydrogen (secondary N) is 2. The molecule has 1 amide bonds. The van der Waals surface area contributed by atoms with Crippen molar-refractivity contribution in [2.24, 2.45) is 0 Å². The highest BCUT2D eigenvalue weighted by Gasteiger charge is 2.00. The minimum absolute atomic E-state index is 0.132. The summed E-state index contributed by atoms with van der Waals surface area (Å²) in [6, 6.07) is 17.6. The van der Waals surface area contributed by atoms with E-state index in [1.54, 1.807) is 18.5 Å². The van der Waals surface area contributed by atoms with Crippen molar-refractivity contribution in [2.45, 2.75) is 12.8 Å². The SMILES string of the molecule is N#Cc1cccc(CCNC(=O)/C=C/c2ccc(Cc3cnc[nH]3)cc2)c1. The Hall–Kier alpha value is -3.65. The van der Waals surface area contributed by atoms with Crippen molar-refractivity contribution in [3.8, 4) is 6.07 Å². The van der Waals surface area contributed by atoms with Gasteiger partial charge in [-0.05, 0) is 41.3 Å². The first-order valence-electron chi connectivity index (χ1n) is 8.74. The summed E-state index contributed by atoms with van der Waals surface area (Å²) >= 11 is 0. The molecule has 1 aromatic heterocycles. The highest BCUT2D eigenvalue weighted by Crippen LogP contribution is 2.10. The van der Waals surface area contributed by atoms with E-state index in [2.05, 4.69) is 21.4 Å². The van der Waals surface area contributed by atoms with Crippen LogP contribution in [0, 0.1) is 11.3 Å². The highest BCUT2D eigenvalue weighted by molar-refractivity contribution is 5.91. The summed E-state index contributed by atoms with van der Waals surface area (Å²) < 4.78 is 0. The molecular formula is C22H20N4O. The zero-order chi connectivity index (χ0) is 18.9. The van der Waals surface area contributed by atoms with Crippen LogP contribution in [0.1, 0.15) is 27.9 Å². The van der Waals surface area contributed by atoms with Gasteiger partial charge in [-0.2, -0.15) is 5.26 Å². The van der Waals surface area contributed by atoms with E-state index in [9.17, 15) is 4.79 Å². The highest BCUT2D eigenvalue weighted by atomic mass is 16.1. The third-order valence-electron chi connectivity index (χ3n) is 4.13. The number of nitriles is 1. The van der Waals surface area contributed by atoms with Gasteiger partial charge in [0.2, 0.25) is 5.91 Å². The lowest BCUT2D eigenvalue weighted by molar-refractivity contribution is -0.116.